The Morgan fingerprint density at radius 3 is 2.57 bits per heavy atom. The molecule has 0 aliphatic rings. The van der Waals surface area contributed by atoms with Crippen LogP contribution in [-0.2, 0) is 0 Å². The molecule has 2 nitrogen and oxygen atoms in total. The molecule has 0 aliphatic carbocycles. The van der Waals surface area contributed by atoms with Gasteiger partial charge in [-0.3, -0.25) is 0 Å². The average Bonchev–Trinajstić information content (AvgIpc) is 2.42. The molecule has 120 valence electrons. The molecule has 2 unspecified atom stereocenters. The van der Waals surface area contributed by atoms with Crippen LogP contribution in [0.5, 0.6) is 5.75 Å². The summed E-state index contributed by atoms with van der Waals surface area (Å²) >= 11 is 6.01. The molecule has 0 aromatic heterocycles. The Hall–Kier alpha value is -0.730. The first kappa shape index (κ1) is 18.3. The molecule has 0 bridgehead atoms. The van der Waals surface area contributed by atoms with Gasteiger partial charge in [-0.1, -0.05) is 51.3 Å². The van der Waals surface area contributed by atoms with E-state index in [0.717, 1.165) is 36.1 Å². The molecule has 0 fully saturated rings. The van der Waals surface area contributed by atoms with E-state index in [1.54, 1.807) is 0 Å². The van der Waals surface area contributed by atoms with Crippen LogP contribution >= 0.6 is 11.6 Å². The summed E-state index contributed by atoms with van der Waals surface area (Å²) in [6.45, 7) is 9.93. The molecule has 0 amide bonds. The summed E-state index contributed by atoms with van der Waals surface area (Å²) in [6, 6.07) is 8.03. The smallest absolute Gasteiger partial charge is 0.121 e. The lowest BCUT2D eigenvalue weighted by molar-refractivity contribution is 0.162. The van der Waals surface area contributed by atoms with Crippen molar-refractivity contribution in [2.24, 2.45) is 5.92 Å². The highest BCUT2D eigenvalue weighted by molar-refractivity contribution is 6.30. The van der Waals surface area contributed by atoms with Crippen LogP contribution in [0.1, 0.15) is 53.4 Å². The van der Waals surface area contributed by atoms with Crippen LogP contribution < -0.4 is 10.1 Å². The second kappa shape index (κ2) is 10.1. The van der Waals surface area contributed by atoms with Crippen molar-refractivity contribution in [3.63, 3.8) is 0 Å². The van der Waals surface area contributed by atoms with Gasteiger partial charge < -0.3 is 10.1 Å². The van der Waals surface area contributed by atoms with Crippen LogP contribution in [0.2, 0.25) is 5.02 Å². The van der Waals surface area contributed by atoms with Gasteiger partial charge in [-0.05, 0) is 50.4 Å². The third-order valence-electron chi connectivity index (χ3n) is 3.64. The second-order valence-electron chi connectivity index (χ2n) is 6.17. The summed E-state index contributed by atoms with van der Waals surface area (Å²) < 4.78 is 6.06. The van der Waals surface area contributed by atoms with Crippen molar-refractivity contribution in [1.29, 1.82) is 0 Å². The Balaban J connectivity index is 2.54. The molecule has 3 heteroatoms. The maximum absolute atomic E-state index is 6.06. The number of rotatable bonds is 10. The highest BCUT2D eigenvalue weighted by Gasteiger charge is 2.18. The summed E-state index contributed by atoms with van der Waals surface area (Å²) in [5.41, 5.74) is 0. The van der Waals surface area contributed by atoms with E-state index < -0.39 is 0 Å². The molecule has 0 aliphatic heterocycles. The maximum atomic E-state index is 6.06. The van der Waals surface area contributed by atoms with E-state index in [4.69, 9.17) is 16.3 Å². The van der Waals surface area contributed by atoms with Gasteiger partial charge in [-0.15, -0.1) is 0 Å². The Kier molecular flexibility index (Phi) is 8.79. The van der Waals surface area contributed by atoms with Crippen LogP contribution in [-0.4, -0.2) is 18.7 Å². The summed E-state index contributed by atoms with van der Waals surface area (Å²) in [4.78, 5) is 0. The molecule has 1 N–H and O–H groups in total. The van der Waals surface area contributed by atoms with Crippen molar-refractivity contribution in [3.8, 4) is 5.75 Å². The zero-order chi connectivity index (χ0) is 15.7. The molecular formula is C18H30ClNO. The molecule has 2 atom stereocenters. The van der Waals surface area contributed by atoms with E-state index in [1.807, 2.05) is 24.3 Å². The van der Waals surface area contributed by atoms with Crippen molar-refractivity contribution in [2.45, 2.75) is 65.5 Å². The number of ether oxygens (including phenoxy) is 1. The Morgan fingerprint density at radius 2 is 1.95 bits per heavy atom. The lowest BCUT2D eigenvalue weighted by Crippen LogP contribution is -2.41. The molecule has 1 aromatic carbocycles. The number of hydrogen-bond acceptors (Lipinski definition) is 2. The molecule has 0 saturated heterocycles. The minimum atomic E-state index is 0.141. The Morgan fingerprint density at radius 1 is 1.19 bits per heavy atom. The van der Waals surface area contributed by atoms with Crippen LogP contribution in [0.4, 0.5) is 0 Å². The Bertz CT molecular complexity index is 395. The molecular weight excluding hydrogens is 282 g/mol. The fraction of sp³-hybridized carbons (Fsp3) is 0.667. The zero-order valence-corrected chi connectivity index (χ0v) is 14.6. The largest absolute Gasteiger partial charge is 0.489 e. The maximum Gasteiger partial charge on any atom is 0.121 e. The lowest BCUT2D eigenvalue weighted by Gasteiger charge is -2.26. The van der Waals surface area contributed by atoms with Gasteiger partial charge in [0.25, 0.3) is 0 Å². The third-order valence-corrected chi connectivity index (χ3v) is 3.87. The summed E-state index contributed by atoms with van der Waals surface area (Å²) in [7, 11) is 0. The number of benzene rings is 1. The summed E-state index contributed by atoms with van der Waals surface area (Å²) in [5, 5.41) is 4.34. The number of nitrogens with one attached hydrogen (secondary N) is 1. The van der Waals surface area contributed by atoms with Gasteiger partial charge in [0.15, 0.2) is 0 Å². The summed E-state index contributed by atoms with van der Waals surface area (Å²) in [5.74, 6) is 1.61. The van der Waals surface area contributed by atoms with Gasteiger partial charge in [0.2, 0.25) is 0 Å². The van der Waals surface area contributed by atoms with E-state index in [1.165, 1.54) is 12.8 Å². The van der Waals surface area contributed by atoms with E-state index in [9.17, 15) is 0 Å². The van der Waals surface area contributed by atoms with Gasteiger partial charge in [-0.25, -0.2) is 0 Å². The van der Waals surface area contributed by atoms with Gasteiger partial charge in [0.05, 0.1) is 0 Å². The fourth-order valence-corrected chi connectivity index (χ4v) is 2.60. The first-order chi connectivity index (χ1) is 10.0. The van der Waals surface area contributed by atoms with Gasteiger partial charge >= 0.3 is 0 Å². The standard InChI is InChI=1S/C18H30ClNO/c1-5-12-20-18(11-6-8-14(2)3)15(4)21-17-10-7-9-16(19)13-17/h7,9-10,13-15,18,20H,5-6,8,11-12H2,1-4H3. The number of halogens is 1. The lowest BCUT2D eigenvalue weighted by atomic mass is 10.00. The normalized spacial score (nSPS) is 14.2. The van der Waals surface area contributed by atoms with E-state index in [0.29, 0.717) is 6.04 Å². The molecule has 1 rings (SSSR count). The van der Waals surface area contributed by atoms with Crippen molar-refractivity contribution in [2.75, 3.05) is 6.54 Å². The van der Waals surface area contributed by atoms with Crippen LogP contribution in [0.25, 0.3) is 0 Å². The van der Waals surface area contributed by atoms with E-state index in [-0.39, 0.29) is 6.10 Å². The monoisotopic (exact) mass is 311 g/mol. The van der Waals surface area contributed by atoms with Gasteiger partial charge in [0, 0.05) is 11.1 Å². The first-order valence-electron chi connectivity index (χ1n) is 8.18. The average molecular weight is 312 g/mol. The Labute approximate surface area is 135 Å². The highest BCUT2D eigenvalue weighted by atomic mass is 35.5. The predicted molar refractivity (Wildman–Crippen MR) is 92.3 cm³/mol. The molecule has 0 heterocycles. The van der Waals surface area contributed by atoms with Crippen molar-refractivity contribution < 1.29 is 4.74 Å². The first-order valence-corrected chi connectivity index (χ1v) is 8.56. The second-order valence-corrected chi connectivity index (χ2v) is 6.60. The minimum Gasteiger partial charge on any atom is -0.489 e. The topological polar surface area (TPSA) is 21.3 Å². The molecule has 1 aromatic rings. The van der Waals surface area contributed by atoms with E-state index in [2.05, 4.69) is 33.0 Å². The molecule has 0 spiro atoms. The van der Waals surface area contributed by atoms with Crippen molar-refractivity contribution >= 4 is 11.6 Å². The van der Waals surface area contributed by atoms with Crippen molar-refractivity contribution in [1.82, 2.24) is 5.32 Å². The zero-order valence-electron chi connectivity index (χ0n) is 13.9. The quantitative estimate of drug-likeness (QED) is 0.633. The molecule has 0 saturated carbocycles. The third kappa shape index (κ3) is 7.73. The number of hydrogen-bond donors (Lipinski definition) is 1. The van der Waals surface area contributed by atoms with Gasteiger partial charge in [0.1, 0.15) is 11.9 Å². The van der Waals surface area contributed by atoms with Crippen LogP contribution in [0.3, 0.4) is 0 Å². The predicted octanol–water partition coefficient (Wildman–Crippen LogP) is 5.30. The SMILES string of the molecule is CCCNC(CCCC(C)C)C(C)Oc1cccc(Cl)c1. The van der Waals surface area contributed by atoms with Crippen LogP contribution in [0.15, 0.2) is 24.3 Å². The van der Waals surface area contributed by atoms with Crippen molar-refractivity contribution in [3.05, 3.63) is 29.3 Å². The van der Waals surface area contributed by atoms with Gasteiger partial charge in [-0.2, -0.15) is 0 Å². The summed E-state index contributed by atoms with van der Waals surface area (Å²) in [6.07, 6.45) is 4.95. The molecule has 0 radical (unpaired) electrons. The minimum absolute atomic E-state index is 0.141. The highest BCUT2D eigenvalue weighted by Crippen LogP contribution is 2.20. The fourth-order valence-electron chi connectivity index (χ4n) is 2.42. The molecule has 21 heavy (non-hydrogen) atoms. The van der Waals surface area contributed by atoms with E-state index >= 15 is 0 Å². The van der Waals surface area contributed by atoms with Crippen LogP contribution in [0, 0.1) is 5.92 Å².